The van der Waals surface area contributed by atoms with Crippen molar-refractivity contribution in [3.05, 3.63) is 48.5 Å². The van der Waals surface area contributed by atoms with Crippen LogP contribution in [-0.2, 0) is 4.79 Å². The number of unbranched alkanes of at least 4 members (excludes halogenated alkanes) is 1. The lowest BCUT2D eigenvalue weighted by Crippen LogP contribution is -2.13. The Morgan fingerprint density at radius 2 is 1.73 bits per heavy atom. The van der Waals surface area contributed by atoms with Gasteiger partial charge in [0.15, 0.2) is 5.17 Å². The first-order valence-electron chi connectivity index (χ1n) is 8.58. The van der Waals surface area contributed by atoms with Crippen molar-refractivity contribution in [2.75, 3.05) is 17.2 Å². The van der Waals surface area contributed by atoms with E-state index < -0.39 is 0 Å². The molecule has 6 heteroatoms. The number of alkyl halides is 1. The molecule has 0 atom stereocenters. The van der Waals surface area contributed by atoms with E-state index in [2.05, 4.69) is 33.2 Å². The molecule has 0 fully saturated rings. The zero-order valence-corrected chi connectivity index (χ0v) is 16.9. The molecular weight excluding hydrogens is 410 g/mol. The first-order valence-corrected chi connectivity index (χ1v) is 10.5. The van der Waals surface area contributed by atoms with Gasteiger partial charge in [-0.3, -0.25) is 9.79 Å². The maximum atomic E-state index is 12.0. The molecule has 0 amide bonds. The fourth-order valence-electron chi connectivity index (χ4n) is 2.65. The van der Waals surface area contributed by atoms with Crippen molar-refractivity contribution in [1.82, 2.24) is 4.98 Å². The maximum absolute atomic E-state index is 12.0. The van der Waals surface area contributed by atoms with Gasteiger partial charge in [0.05, 0.1) is 22.1 Å². The highest BCUT2D eigenvalue weighted by Crippen LogP contribution is 2.31. The summed E-state index contributed by atoms with van der Waals surface area (Å²) in [5, 5.41) is 6.40. The summed E-state index contributed by atoms with van der Waals surface area (Å²) in [5.41, 5.74) is 2.77. The standard InChI is InChI=1S/C20H20BrN3OS/c1-2-3-12-22-20(26-18(25)13-21)24-19-14-8-4-6-10-16(14)23-17-11-7-5-9-15(17)19/h4-11H,2-3,12-13H2,1H3,(H,22,23,24). The lowest BCUT2D eigenvalue weighted by Gasteiger charge is -2.14. The van der Waals surface area contributed by atoms with Crippen molar-refractivity contribution in [2.45, 2.75) is 19.8 Å². The van der Waals surface area contributed by atoms with E-state index in [4.69, 9.17) is 4.98 Å². The molecule has 0 bridgehead atoms. The van der Waals surface area contributed by atoms with Crippen LogP contribution < -0.4 is 5.32 Å². The number of aromatic nitrogens is 1. The molecule has 0 aliphatic carbocycles. The minimum atomic E-state index is 0.0235. The molecule has 2 aromatic carbocycles. The van der Waals surface area contributed by atoms with E-state index in [1.54, 1.807) is 0 Å². The number of pyridine rings is 1. The number of halogens is 1. The van der Waals surface area contributed by atoms with E-state index in [1.807, 2.05) is 48.5 Å². The van der Waals surface area contributed by atoms with Gasteiger partial charge < -0.3 is 5.32 Å². The molecule has 0 saturated carbocycles. The Bertz CT molecular complexity index is 904. The van der Waals surface area contributed by atoms with E-state index >= 15 is 0 Å². The number of hydrogen-bond donors (Lipinski definition) is 1. The summed E-state index contributed by atoms with van der Waals surface area (Å²) >= 11 is 4.37. The molecule has 0 saturated heterocycles. The third kappa shape index (κ3) is 4.43. The highest BCUT2D eigenvalue weighted by Gasteiger charge is 2.13. The van der Waals surface area contributed by atoms with Gasteiger partial charge >= 0.3 is 0 Å². The van der Waals surface area contributed by atoms with Crippen LogP contribution >= 0.6 is 27.7 Å². The number of para-hydroxylation sites is 2. The molecule has 4 nitrogen and oxygen atoms in total. The van der Waals surface area contributed by atoms with Gasteiger partial charge in [0.1, 0.15) is 0 Å². The van der Waals surface area contributed by atoms with Crippen LogP contribution in [-0.4, -0.2) is 27.1 Å². The first-order chi connectivity index (χ1) is 12.7. The van der Waals surface area contributed by atoms with Gasteiger partial charge in [0.2, 0.25) is 5.12 Å². The van der Waals surface area contributed by atoms with Crippen molar-refractivity contribution in [3.63, 3.8) is 0 Å². The van der Waals surface area contributed by atoms with Crippen molar-refractivity contribution in [1.29, 1.82) is 0 Å². The molecule has 0 aliphatic rings. The Morgan fingerprint density at radius 3 is 2.31 bits per heavy atom. The number of benzene rings is 2. The van der Waals surface area contributed by atoms with Gasteiger partial charge in [-0.25, -0.2) is 4.98 Å². The number of carbonyl (C=O) groups is 1. The van der Waals surface area contributed by atoms with Gasteiger partial charge in [-0.2, -0.15) is 0 Å². The molecule has 0 radical (unpaired) electrons. The summed E-state index contributed by atoms with van der Waals surface area (Å²) in [4.78, 5) is 21.3. The number of carbonyl (C=O) groups excluding carboxylic acids is 1. The molecule has 1 N–H and O–H groups in total. The van der Waals surface area contributed by atoms with Crippen molar-refractivity contribution in [2.24, 2.45) is 4.99 Å². The summed E-state index contributed by atoms with van der Waals surface area (Å²) in [6, 6.07) is 16.0. The van der Waals surface area contributed by atoms with Crippen LogP contribution in [0, 0.1) is 0 Å². The van der Waals surface area contributed by atoms with Crippen LogP contribution in [0.15, 0.2) is 53.5 Å². The quantitative estimate of drug-likeness (QED) is 0.188. The number of hydrogen-bond acceptors (Lipinski definition) is 4. The van der Waals surface area contributed by atoms with Gasteiger partial charge in [0, 0.05) is 17.3 Å². The van der Waals surface area contributed by atoms with Crippen LogP contribution in [0.2, 0.25) is 0 Å². The summed E-state index contributed by atoms with van der Waals surface area (Å²) in [5.74, 6) is 0. The first kappa shape index (κ1) is 18.9. The number of amidine groups is 1. The maximum Gasteiger partial charge on any atom is 0.207 e. The largest absolute Gasteiger partial charge is 0.334 e. The monoisotopic (exact) mass is 429 g/mol. The average Bonchev–Trinajstić information content (AvgIpc) is 2.67. The Hall–Kier alpha value is -1.92. The van der Waals surface area contributed by atoms with Crippen molar-refractivity contribution < 1.29 is 4.79 Å². The van der Waals surface area contributed by atoms with Gasteiger partial charge in [-0.1, -0.05) is 65.7 Å². The van der Waals surface area contributed by atoms with Crippen molar-refractivity contribution >= 4 is 65.5 Å². The number of anilines is 1. The van der Waals surface area contributed by atoms with Crippen LogP contribution in [0.25, 0.3) is 21.8 Å². The molecule has 3 aromatic rings. The fraction of sp³-hybridized carbons (Fsp3) is 0.250. The minimum Gasteiger partial charge on any atom is -0.334 e. The van der Waals surface area contributed by atoms with Crippen LogP contribution in [0.4, 0.5) is 5.69 Å². The molecule has 26 heavy (non-hydrogen) atoms. The summed E-state index contributed by atoms with van der Waals surface area (Å²) in [6.45, 7) is 2.83. The highest BCUT2D eigenvalue weighted by molar-refractivity contribution is 9.09. The Balaban J connectivity index is 2.08. The number of rotatable bonds is 5. The van der Waals surface area contributed by atoms with E-state index in [1.165, 1.54) is 0 Å². The van der Waals surface area contributed by atoms with E-state index in [0.717, 1.165) is 52.1 Å². The van der Waals surface area contributed by atoms with E-state index in [0.29, 0.717) is 17.0 Å². The molecule has 0 unspecified atom stereocenters. The Morgan fingerprint density at radius 1 is 1.12 bits per heavy atom. The van der Waals surface area contributed by atoms with Gasteiger partial charge in [-0.05, 0) is 30.3 Å². The SMILES string of the molecule is CCCCN=C(Nc1c2ccccc2nc2ccccc12)SC(=O)CBr. The summed E-state index contributed by atoms with van der Waals surface area (Å²) in [7, 11) is 0. The number of nitrogens with zero attached hydrogens (tertiary/aromatic N) is 2. The minimum absolute atomic E-state index is 0.0235. The second kappa shape index (κ2) is 9.14. The Kier molecular flexibility index (Phi) is 6.63. The van der Waals surface area contributed by atoms with Crippen LogP contribution in [0.1, 0.15) is 19.8 Å². The normalized spacial score (nSPS) is 11.8. The molecule has 1 heterocycles. The van der Waals surface area contributed by atoms with Gasteiger partial charge in [0.25, 0.3) is 0 Å². The van der Waals surface area contributed by atoms with E-state index in [9.17, 15) is 4.79 Å². The summed E-state index contributed by atoms with van der Waals surface area (Å²) in [6.07, 6.45) is 2.06. The second-order valence-corrected chi connectivity index (χ2v) is 7.40. The smallest absolute Gasteiger partial charge is 0.207 e. The highest BCUT2D eigenvalue weighted by atomic mass is 79.9. The zero-order chi connectivity index (χ0) is 18.4. The molecule has 1 aromatic heterocycles. The fourth-order valence-corrected chi connectivity index (χ4v) is 3.58. The zero-order valence-electron chi connectivity index (χ0n) is 14.5. The van der Waals surface area contributed by atoms with E-state index in [-0.39, 0.29) is 5.12 Å². The topological polar surface area (TPSA) is 54.4 Å². The van der Waals surface area contributed by atoms with Crippen LogP contribution in [0.5, 0.6) is 0 Å². The molecular formula is C20H20BrN3OS. The number of aliphatic imine (C=N–C) groups is 1. The third-order valence-electron chi connectivity index (χ3n) is 3.91. The predicted octanol–water partition coefficient (Wildman–Crippen LogP) is 5.61. The number of fused-ring (bicyclic) bond motifs is 2. The van der Waals surface area contributed by atoms with Crippen molar-refractivity contribution in [3.8, 4) is 0 Å². The lowest BCUT2D eigenvalue weighted by molar-refractivity contribution is -0.108. The Labute approximate surface area is 165 Å². The number of nitrogens with one attached hydrogen (secondary N) is 1. The third-order valence-corrected chi connectivity index (χ3v) is 5.58. The molecule has 3 rings (SSSR count). The summed E-state index contributed by atoms with van der Waals surface area (Å²) < 4.78 is 0. The molecule has 0 spiro atoms. The molecule has 0 aliphatic heterocycles. The van der Waals surface area contributed by atoms with Crippen LogP contribution in [0.3, 0.4) is 0 Å². The predicted molar refractivity (Wildman–Crippen MR) is 116 cm³/mol. The lowest BCUT2D eigenvalue weighted by atomic mass is 10.1. The average molecular weight is 430 g/mol. The van der Waals surface area contributed by atoms with Gasteiger partial charge in [-0.15, -0.1) is 0 Å². The molecule has 134 valence electrons. The second-order valence-electron chi connectivity index (χ2n) is 5.79. The number of thioether (sulfide) groups is 1.